The van der Waals surface area contributed by atoms with Crippen molar-refractivity contribution in [3.63, 3.8) is 0 Å². The monoisotopic (exact) mass is 555 g/mol. The maximum absolute atomic E-state index is 13.1. The lowest BCUT2D eigenvalue weighted by Crippen LogP contribution is -2.44. The summed E-state index contributed by atoms with van der Waals surface area (Å²) in [4.78, 5) is 41.4. The van der Waals surface area contributed by atoms with Gasteiger partial charge in [-0.05, 0) is 44.4 Å². The fraction of sp³-hybridized carbons (Fsp3) is 0.571. The Balaban J connectivity index is 1.37. The number of piperidine rings is 1. The van der Waals surface area contributed by atoms with Gasteiger partial charge >= 0.3 is 0 Å². The third-order valence-electron chi connectivity index (χ3n) is 8.24. The van der Waals surface area contributed by atoms with Crippen LogP contribution in [0.5, 0.6) is 5.75 Å². The van der Waals surface area contributed by atoms with Gasteiger partial charge in [-0.1, -0.05) is 31.4 Å². The number of nitrogens with one attached hydrogen (secondary N) is 2. The van der Waals surface area contributed by atoms with Crippen LogP contribution in [0.1, 0.15) is 62.2 Å². The first kappa shape index (κ1) is 27.5. The lowest BCUT2D eigenvalue weighted by molar-refractivity contribution is -0.118. The maximum atomic E-state index is 13.1. The first-order chi connectivity index (χ1) is 18.9. The van der Waals surface area contributed by atoms with Gasteiger partial charge in [0, 0.05) is 45.2 Å². The highest BCUT2D eigenvalue weighted by molar-refractivity contribution is 6.34. The molecule has 0 spiro atoms. The van der Waals surface area contributed by atoms with Crippen LogP contribution in [0.15, 0.2) is 18.3 Å². The van der Waals surface area contributed by atoms with E-state index in [1.165, 1.54) is 12.8 Å². The molecule has 39 heavy (non-hydrogen) atoms. The Bertz CT molecular complexity index is 1210. The molecule has 2 N–H and O–H groups in total. The highest BCUT2D eigenvalue weighted by Crippen LogP contribution is 2.38. The van der Waals surface area contributed by atoms with Gasteiger partial charge in [-0.25, -0.2) is 4.98 Å². The molecular weight excluding hydrogens is 518 g/mol. The standard InChI is InChI=1S/C28H38ClN7O3/c1-4-35-12-9-18(10-13-35)31-27(38)20-15-24(39-3)22(16-21(20)29)32-28-30-17-23-26(33-28)36(19-7-5-6-8-19)14-11-25(37)34(23)2/h15-19H,4-14H2,1-3H3,(H,31,38)(H,30,32,33). The van der Waals surface area contributed by atoms with Gasteiger partial charge in [0.05, 0.1) is 29.6 Å². The molecular formula is C28H38ClN7O3. The lowest BCUT2D eigenvalue weighted by atomic mass is 10.0. The molecule has 2 aromatic rings. The first-order valence-corrected chi connectivity index (χ1v) is 14.3. The van der Waals surface area contributed by atoms with E-state index in [1.54, 1.807) is 37.4 Å². The second kappa shape index (κ2) is 12.0. The van der Waals surface area contributed by atoms with Crippen molar-refractivity contribution in [3.05, 3.63) is 28.9 Å². The number of likely N-dealkylation sites (tertiary alicyclic amines) is 1. The van der Waals surface area contributed by atoms with Gasteiger partial charge in [0.15, 0.2) is 5.82 Å². The van der Waals surface area contributed by atoms with Gasteiger partial charge < -0.3 is 30.1 Å². The molecule has 1 aromatic carbocycles. The third-order valence-corrected chi connectivity index (χ3v) is 8.55. The molecule has 0 unspecified atom stereocenters. The second-order valence-corrected chi connectivity index (χ2v) is 11.0. The van der Waals surface area contributed by atoms with Crippen molar-refractivity contribution in [2.75, 3.05) is 55.5 Å². The molecule has 1 aromatic heterocycles. The first-order valence-electron chi connectivity index (χ1n) is 14.0. The summed E-state index contributed by atoms with van der Waals surface area (Å²) in [5, 5.41) is 6.68. The molecule has 210 valence electrons. The maximum Gasteiger partial charge on any atom is 0.253 e. The molecule has 2 fully saturated rings. The molecule has 2 aliphatic heterocycles. The second-order valence-electron chi connectivity index (χ2n) is 10.6. The summed E-state index contributed by atoms with van der Waals surface area (Å²) in [6.45, 7) is 5.77. The van der Waals surface area contributed by atoms with E-state index >= 15 is 0 Å². The molecule has 11 heteroatoms. The van der Waals surface area contributed by atoms with Crippen LogP contribution in [0.2, 0.25) is 5.02 Å². The molecule has 0 radical (unpaired) electrons. The SMILES string of the molecule is CCN1CCC(NC(=O)c2cc(OC)c(Nc3ncc4c(n3)N(C3CCCC3)CCC(=O)N4C)cc2Cl)CC1. The van der Waals surface area contributed by atoms with E-state index in [2.05, 4.69) is 32.3 Å². The summed E-state index contributed by atoms with van der Waals surface area (Å²) in [6, 6.07) is 3.82. The highest BCUT2D eigenvalue weighted by Gasteiger charge is 2.32. The Hall–Kier alpha value is -3.11. The van der Waals surface area contributed by atoms with Gasteiger partial charge in [-0.15, -0.1) is 0 Å². The van der Waals surface area contributed by atoms with Crippen molar-refractivity contribution in [2.45, 2.75) is 64.0 Å². The average Bonchev–Trinajstić information content (AvgIpc) is 3.44. The topological polar surface area (TPSA) is 103 Å². The zero-order valence-corrected chi connectivity index (χ0v) is 23.8. The van der Waals surface area contributed by atoms with E-state index in [4.69, 9.17) is 21.3 Å². The summed E-state index contributed by atoms with van der Waals surface area (Å²) in [6.07, 6.45) is 8.52. The number of carbonyl (C=O) groups excluding carboxylic acids is 2. The molecule has 5 rings (SSSR count). The van der Waals surface area contributed by atoms with Crippen LogP contribution >= 0.6 is 11.6 Å². The molecule has 0 atom stereocenters. The number of hydrogen-bond acceptors (Lipinski definition) is 8. The smallest absolute Gasteiger partial charge is 0.253 e. The van der Waals surface area contributed by atoms with Gasteiger partial charge in [-0.2, -0.15) is 4.98 Å². The van der Waals surface area contributed by atoms with Crippen molar-refractivity contribution in [3.8, 4) is 5.75 Å². The number of halogens is 1. The number of aromatic nitrogens is 2. The Morgan fingerprint density at radius 2 is 1.90 bits per heavy atom. The molecule has 1 aliphatic carbocycles. The molecule has 3 aliphatic rings. The number of carbonyl (C=O) groups is 2. The van der Waals surface area contributed by atoms with Crippen LogP contribution in [0, 0.1) is 0 Å². The van der Waals surface area contributed by atoms with Crippen LogP contribution in [-0.2, 0) is 4.79 Å². The van der Waals surface area contributed by atoms with Crippen LogP contribution in [0.3, 0.4) is 0 Å². The van der Waals surface area contributed by atoms with Crippen molar-refractivity contribution in [2.24, 2.45) is 0 Å². The number of rotatable bonds is 7. The normalized spacial score (nSPS) is 19.1. The lowest BCUT2D eigenvalue weighted by Gasteiger charge is -2.31. The third kappa shape index (κ3) is 5.91. The minimum atomic E-state index is -0.207. The highest BCUT2D eigenvalue weighted by atomic mass is 35.5. The van der Waals surface area contributed by atoms with Crippen LogP contribution < -0.4 is 25.2 Å². The molecule has 1 saturated carbocycles. The van der Waals surface area contributed by atoms with E-state index in [0.29, 0.717) is 52.7 Å². The summed E-state index contributed by atoms with van der Waals surface area (Å²) in [5.74, 6) is 1.43. The molecule has 10 nitrogen and oxygen atoms in total. The summed E-state index contributed by atoms with van der Waals surface area (Å²) in [5.41, 5.74) is 1.63. The van der Waals surface area contributed by atoms with Crippen molar-refractivity contribution in [1.29, 1.82) is 0 Å². The Morgan fingerprint density at radius 3 is 2.59 bits per heavy atom. The minimum Gasteiger partial charge on any atom is -0.495 e. The number of anilines is 4. The number of hydrogen-bond donors (Lipinski definition) is 2. The van der Waals surface area contributed by atoms with Crippen LogP contribution in [0.4, 0.5) is 23.1 Å². The predicted octanol–water partition coefficient (Wildman–Crippen LogP) is 4.21. The number of methoxy groups -OCH3 is 1. The van der Waals surface area contributed by atoms with Gasteiger partial charge in [0.25, 0.3) is 5.91 Å². The molecule has 2 amide bonds. The van der Waals surface area contributed by atoms with Crippen molar-refractivity contribution in [1.82, 2.24) is 20.2 Å². The zero-order chi connectivity index (χ0) is 27.5. The van der Waals surface area contributed by atoms with Crippen LogP contribution in [-0.4, -0.2) is 79.1 Å². The van der Waals surface area contributed by atoms with E-state index in [-0.39, 0.29) is 17.9 Å². The number of benzene rings is 1. The van der Waals surface area contributed by atoms with Gasteiger partial charge in [0.1, 0.15) is 11.4 Å². The zero-order valence-electron chi connectivity index (χ0n) is 23.0. The number of amides is 2. The fourth-order valence-electron chi connectivity index (χ4n) is 5.84. The summed E-state index contributed by atoms with van der Waals surface area (Å²) >= 11 is 6.61. The molecule has 1 saturated heterocycles. The summed E-state index contributed by atoms with van der Waals surface area (Å²) < 4.78 is 5.62. The largest absolute Gasteiger partial charge is 0.495 e. The van der Waals surface area contributed by atoms with Crippen molar-refractivity contribution >= 4 is 46.6 Å². The quantitative estimate of drug-likeness (QED) is 0.524. The van der Waals surface area contributed by atoms with Crippen molar-refractivity contribution < 1.29 is 14.3 Å². The van der Waals surface area contributed by atoms with Crippen LogP contribution in [0.25, 0.3) is 0 Å². The Morgan fingerprint density at radius 1 is 1.15 bits per heavy atom. The number of ether oxygens (including phenoxy) is 1. The Kier molecular flexibility index (Phi) is 8.42. The van der Waals surface area contributed by atoms with E-state index in [9.17, 15) is 9.59 Å². The van der Waals surface area contributed by atoms with Gasteiger partial charge in [-0.3, -0.25) is 9.59 Å². The molecule has 3 heterocycles. The predicted molar refractivity (Wildman–Crippen MR) is 154 cm³/mol. The van der Waals surface area contributed by atoms with E-state index < -0.39 is 0 Å². The molecule has 0 bridgehead atoms. The van der Waals surface area contributed by atoms with Gasteiger partial charge in [0.2, 0.25) is 11.9 Å². The fourth-order valence-corrected chi connectivity index (χ4v) is 6.09. The number of nitrogens with zero attached hydrogens (tertiary/aromatic N) is 5. The minimum absolute atomic E-state index is 0.0549. The Labute approximate surface area is 235 Å². The average molecular weight is 556 g/mol. The number of fused-ring (bicyclic) bond motifs is 1. The summed E-state index contributed by atoms with van der Waals surface area (Å²) in [7, 11) is 3.33. The van der Waals surface area contributed by atoms with E-state index in [0.717, 1.165) is 51.1 Å². The van der Waals surface area contributed by atoms with E-state index in [1.807, 2.05) is 0 Å².